The summed E-state index contributed by atoms with van der Waals surface area (Å²) >= 11 is 0. The molecule has 0 saturated heterocycles. The van der Waals surface area contributed by atoms with Crippen LogP contribution in [0.1, 0.15) is 5.56 Å². The average Bonchev–Trinajstić information content (AvgIpc) is 2.63. The van der Waals surface area contributed by atoms with Gasteiger partial charge in [0.1, 0.15) is 6.07 Å². The molecule has 0 amide bonds. The highest BCUT2D eigenvalue weighted by atomic mass is 15.1. The van der Waals surface area contributed by atoms with Gasteiger partial charge in [0.05, 0.1) is 11.3 Å². The van der Waals surface area contributed by atoms with Crippen molar-refractivity contribution in [3.05, 3.63) is 72.6 Å². The van der Waals surface area contributed by atoms with Crippen molar-refractivity contribution in [1.82, 2.24) is 4.98 Å². The van der Waals surface area contributed by atoms with Gasteiger partial charge in [-0.1, -0.05) is 30.3 Å². The zero-order chi connectivity index (χ0) is 16.9. The van der Waals surface area contributed by atoms with Crippen LogP contribution in [-0.4, -0.2) is 19.1 Å². The fourth-order valence-electron chi connectivity index (χ4n) is 2.50. The Labute approximate surface area is 142 Å². The lowest BCUT2D eigenvalue weighted by Crippen LogP contribution is -2.08. The summed E-state index contributed by atoms with van der Waals surface area (Å²) < 4.78 is 0. The van der Waals surface area contributed by atoms with Gasteiger partial charge in [-0.15, -0.1) is 0 Å². The van der Waals surface area contributed by atoms with Gasteiger partial charge in [0, 0.05) is 43.4 Å². The van der Waals surface area contributed by atoms with Crippen molar-refractivity contribution < 1.29 is 0 Å². The molecule has 3 rings (SSSR count). The van der Waals surface area contributed by atoms with Crippen molar-refractivity contribution in [2.24, 2.45) is 0 Å². The first-order valence-corrected chi connectivity index (χ1v) is 7.67. The van der Waals surface area contributed by atoms with E-state index >= 15 is 0 Å². The van der Waals surface area contributed by atoms with Crippen LogP contribution in [0.5, 0.6) is 0 Å². The zero-order valence-corrected chi connectivity index (χ0v) is 13.7. The minimum Gasteiger partial charge on any atom is -0.378 e. The number of hydrogen-bond acceptors (Lipinski definition) is 4. The van der Waals surface area contributed by atoms with Gasteiger partial charge in [0.15, 0.2) is 0 Å². The molecule has 0 aliphatic heterocycles. The molecule has 0 saturated carbocycles. The lowest BCUT2D eigenvalue weighted by Gasteiger charge is -2.15. The van der Waals surface area contributed by atoms with Crippen LogP contribution in [0.4, 0.5) is 17.1 Å². The molecule has 1 N–H and O–H groups in total. The van der Waals surface area contributed by atoms with Gasteiger partial charge < -0.3 is 10.2 Å². The second-order valence-corrected chi connectivity index (χ2v) is 5.65. The molecule has 0 bridgehead atoms. The van der Waals surface area contributed by atoms with Crippen LogP contribution in [-0.2, 0) is 0 Å². The van der Waals surface area contributed by atoms with Crippen LogP contribution in [0.15, 0.2) is 67.0 Å². The third-order valence-corrected chi connectivity index (χ3v) is 3.80. The van der Waals surface area contributed by atoms with E-state index in [1.54, 1.807) is 12.4 Å². The number of para-hydroxylation sites is 1. The van der Waals surface area contributed by atoms with Crippen molar-refractivity contribution in [1.29, 1.82) is 5.26 Å². The fraction of sp³-hybridized carbons (Fsp3) is 0.100. The predicted molar refractivity (Wildman–Crippen MR) is 98.4 cm³/mol. The molecule has 3 aromatic rings. The van der Waals surface area contributed by atoms with Gasteiger partial charge in [-0.2, -0.15) is 5.26 Å². The van der Waals surface area contributed by atoms with Crippen LogP contribution >= 0.6 is 0 Å². The quantitative estimate of drug-likeness (QED) is 0.774. The first kappa shape index (κ1) is 15.6. The number of aromatic nitrogens is 1. The van der Waals surface area contributed by atoms with E-state index in [4.69, 9.17) is 0 Å². The summed E-state index contributed by atoms with van der Waals surface area (Å²) in [4.78, 5) is 6.27. The number of hydrogen-bond donors (Lipinski definition) is 1. The van der Waals surface area contributed by atoms with E-state index in [0.717, 1.165) is 28.2 Å². The minimum atomic E-state index is 0.521. The maximum absolute atomic E-state index is 9.45. The van der Waals surface area contributed by atoms with Crippen molar-refractivity contribution in [3.63, 3.8) is 0 Å². The lowest BCUT2D eigenvalue weighted by atomic mass is 10.0. The third kappa shape index (κ3) is 3.21. The summed E-state index contributed by atoms with van der Waals surface area (Å²) in [6, 6.07) is 20.3. The van der Waals surface area contributed by atoms with Crippen molar-refractivity contribution in [3.8, 4) is 17.2 Å². The highest BCUT2D eigenvalue weighted by Gasteiger charge is 2.11. The molecule has 1 heterocycles. The van der Waals surface area contributed by atoms with Crippen LogP contribution in [0.25, 0.3) is 11.1 Å². The number of nitrogens with zero attached hydrogens (tertiary/aromatic N) is 3. The van der Waals surface area contributed by atoms with Crippen LogP contribution < -0.4 is 10.2 Å². The Morgan fingerprint density at radius 2 is 1.67 bits per heavy atom. The average molecular weight is 314 g/mol. The van der Waals surface area contributed by atoms with Crippen LogP contribution in [0.2, 0.25) is 0 Å². The summed E-state index contributed by atoms with van der Waals surface area (Å²) in [6.07, 6.45) is 3.37. The summed E-state index contributed by atoms with van der Waals surface area (Å²) in [7, 11) is 4.02. The van der Waals surface area contributed by atoms with Gasteiger partial charge in [-0.3, -0.25) is 4.98 Å². The monoisotopic (exact) mass is 314 g/mol. The normalized spacial score (nSPS) is 10.0. The Hall–Kier alpha value is -3.32. The third-order valence-electron chi connectivity index (χ3n) is 3.80. The van der Waals surface area contributed by atoms with Crippen molar-refractivity contribution in [2.45, 2.75) is 0 Å². The lowest BCUT2D eigenvalue weighted by molar-refractivity contribution is 1.13. The molecule has 0 unspecified atom stereocenters. The Balaban J connectivity index is 2.06. The summed E-state index contributed by atoms with van der Waals surface area (Å²) in [5.74, 6) is 0. The molecule has 0 aliphatic rings. The fourth-order valence-corrected chi connectivity index (χ4v) is 2.50. The van der Waals surface area contributed by atoms with E-state index in [1.807, 2.05) is 56.6 Å². The predicted octanol–water partition coefficient (Wildman–Crippen LogP) is 4.43. The summed E-state index contributed by atoms with van der Waals surface area (Å²) in [5, 5.41) is 12.8. The standard InChI is InChI=1S/C20H18N4/c1-24(2)18-10-8-15(9-11-18)19-14-22-13-16(12-21)20(19)23-17-6-4-3-5-7-17/h3-11,13-14H,1-2H3,(H,22,23). The molecule has 1 aromatic heterocycles. The number of anilines is 3. The molecule has 118 valence electrons. The highest BCUT2D eigenvalue weighted by molar-refractivity contribution is 5.84. The second kappa shape index (κ2) is 6.84. The molecule has 4 nitrogen and oxygen atoms in total. The largest absolute Gasteiger partial charge is 0.378 e. The zero-order valence-electron chi connectivity index (χ0n) is 13.7. The second-order valence-electron chi connectivity index (χ2n) is 5.65. The van der Waals surface area contributed by atoms with E-state index in [1.165, 1.54) is 0 Å². The number of nitrogens with one attached hydrogen (secondary N) is 1. The SMILES string of the molecule is CN(C)c1ccc(-c2cncc(C#N)c2Nc2ccccc2)cc1. The summed E-state index contributed by atoms with van der Waals surface area (Å²) in [5.41, 5.74) is 5.28. The van der Waals surface area contributed by atoms with Crippen molar-refractivity contribution in [2.75, 3.05) is 24.3 Å². The number of rotatable bonds is 4. The van der Waals surface area contributed by atoms with Gasteiger partial charge >= 0.3 is 0 Å². The maximum atomic E-state index is 9.45. The van der Waals surface area contributed by atoms with E-state index in [2.05, 4.69) is 33.4 Å². The van der Waals surface area contributed by atoms with E-state index < -0.39 is 0 Å². The highest BCUT2D eigenvalue weighted by Crippen LogP contribution is 2.33. The van der Waals surface area contributed by atoms with Gasteiger partial charge in [-0.05, 0) is 29.8 Å². The number of pyridine rings is 1. The molecule has 2 aromatic carbocycles. The Bertz CT molecular complexity index is 862. The van der Waals surface area contributed by atoms with Crippen LogP contribution in [0.3, 0.4) is 0 Å². The molecule has 24 heavy (non-hydrogen) atoms. The topological polar surface area (TPSA) is 52.0 Å². The van der Waals surface area contributed by atoms with Gasteiger partial charge in [0.25, 0.3) is 0 Å². The molecule has 0 spiro atoms. The first-order chi connectivity index (χ1) is 11.7. The van der Waals surface area contributed by atoms with E-state index in [9.17, 15) is 5.26 Å². The number of nitriles is 1. The summed E-state index contributed by atoms with van der Waals surface area (Å²) in [6.45, 7) is 0. The number of benzene rings is 2. The van der Waals surface area contributed by atoms with Gasteiger partial charge in [-0.25, -0.2) is 0 Å². The Morgan fingerprint density at radius 3 is 2.29 bits per heavy atom. The molecule has 0 radical (unpaired) electrons. The van der Waals surface area contributed by atoms with Crippen molar-refractivity contribution >= 4 is 17.1 Å². The van der Waals surface area contributed by atoms with Gasteiger partial charge in [0.2, 0.25) is 0 Å². The molecule has 0 fully saturated rings. The molecule has 4 heteroatoms. The Morgan fingerprint density at radius 1 is 0.958 bits per heavy atom. The maximum Gasteiger partial charge on any atom is 0.103 e. The molecular weight excluding hydrogens is 296 g/mol. The first-order valence-electron chi connectivity index (χ1n) is 7.67. The molecule has 0 atom stereocenters. The van der Waals surface area contributed by atoms with E-state index in [-0.39, 0.29) is 0 Å². The molecular formula is C20H18N4. The van der Waals surface area contributed by atoms with Crippen LogP contribution in [0, 0.1) is 11.3 Å². The van der Waals surface area contributed by atoms with E-state index in [0.29, 0.717) is 5.56 Å². The Kier molecular flexibility index (Phi) is 4.44. The molecule has 0 aliphatic carbocycles. The smallest absolute Gasteiger partial charge is 0.103 e. The minimum absolute atomic E-state index is 0.521.